The minimum atomic E-state index is -0.834. The number of benzene rings is 2. The van der Waals surface area contributed by atoms with E-state index in [4.69, 9.17) is 14.2 Å². The summed E-state index contributed by atoms with van der Waals surface area (Å²) in [5.41, 5.74) is 2.51. The van der Waals surface area contributed by atoms with Crippen molar-refractivity contribution < 1.29 is 33.0 Å². The molecule has 12 nitrogen and oxygen atoms in total. The Morgan fingerprint density at radius 2 is 1.70 bits per heavy atom. The molecule has 2 aromatic carbocycles. The van der Waals surface area contributed by atoms with Gasteiger partial charge in [0, 0.05) is 48.2 Å². The Hall–Kier alpha value is -5.46. The van der Waals surface area contributed by atoms with E-state index in [2.05, 4.69) is 20.6 Å². The standard InChI is InChI=1S/C37H41FN6O6/c1-20-26(17-40-33-32(20)44(11-12-48-33)35(47)50-37(5,6)7)25-14-22-15-28(41-24-10-9-21-16-29(45)43(8)19-23(21)13-24)39-18-27(22)31(30(25)38)42-34(46)49-36(2,3)4/h9-10,13-15,17-18H,11-12,16,19H2,1-8H3,(H,39,41)(H,42,46). The van der Waals surface area contributed by atoms with Crippen LogP contribution in [0.15, 0.2) is 42.7 Å². The highest BCUT2D eigenvalue weighted by atomic mass is 19.1. The van der Waals surface area contributed by atoms with Crippen molar-refractivity contribution in [3.8, 4) is 17.0 Å². The number of rotatable bonds is 4. The van der Waals surface area contributed by atoms with Crippen LogP contribution in [0.3, 0.4) is 0 Å². The Kier molecular flexibility index (Phi) is 8.79. The molecule has 0 spiro atoms. The van der Waals surface area contributed by atoms with Crippen molar-refractivity contribution >= 4 is 51.7 Å². The molecule has 2 aliphatic heterocycles. The molecule has 13 heteroatoms. The molecule has 0 aliphatic carbocycles. The minimum Gasteiger partial charge on any atom is -0.474 e. The van der Waals surface area contributed by atoms with E-state index in [1.165, 1.54) is 17.3 Å². The number of anilines is 4. The van der Waals surface area contributed by atoms with Gasteiger partial charge in [-0.25, -0.2) is 23.9 Å². The second-order valence-corrected chi connectivity index (χ2v) is 14.5. The highest BCUT2D eigenvalue weighted by Gasteiger charge is 2.32. The number of nitrogens with one attached hydrogen (secondary N) is 2. The van der Waals surface area contributed by atoms with Crippen LogP contribution >= 0.6 is 0 Å². The van der Waals surface area contributed by atoms with Crippen molar-refractivity contribution in [2.75, 3.05) is 35.7 Å². The number of ether oxygens (including phenoxy) is 3. The van der Waals surface area contributed by atoms with Gasteiger partial charge < -0.3 is 24.4 Å². The number of hydrogen-bond donors (Lipinski definition) is 2. The largest absolute Gasteiger partial charge is 0.474 e. The Morgan fingerprint density at radius 1 is 0.960 bits per heavy atom. The number of halogens is 1. The lowest BCUT2D eigenvalue weighted by Gasteiger charge is -2.32. The average Bonchev–Trinajstić information content (AvgIpc) is 3.01. The highest BCUT2D eigenvalue weighted by Crippen LogP contribution is 2.43. The SMILES string of the molecule is Cc1c(-c2cc3cc(Nc4ccc5c(c4)CN(C)C(=O)C5)ncc3c(NC(=O)OC(C)(C)C)c2F)cnc2c1N(C(=O)OC(C)(C)C)CCO2. The average molecular weight is 685 g/mol. The maximum atomic E-state index is 16.7. The zero-order chi connectivity index (χ0) is 36.1. The van der Waals surface area contributed by atoms with Gasteiger partial charge in [0.1, 0.15) is 29.3 Å². The third-order valence-electron chi connectivity index (χ3n) is 8.24. The number of fused-ring (bicyclic) bond motifs is 3. The van der Waals surface area contributed by atoms with E-state index < -0.39 is 29.2 Å². The predicted octanol–water partition coefficient (Wildman–Crippen LogP) is 7.48. The second-order valence-electron chi connectivity index (χ2n) is 14.5. The number of hydrogen-bond acceptors (Lipinski definition) is 9. The van der Waals surface area contributed by atoms with E-state index in [0.717, 1.165) is 16.8 Å². The molecule has 262 valence electrons. The molecule has 0 radical (unpaired) electrons. The lowest BCUT2D eigenvalue weighted by molar-refractivity contribution is -0.130. The van der Waals surface area contributed by atoms with E-state index >= 15 is 4.39 Å². The first-order valence-electron chi connectivity index (χ1n) is 16.4. The van der Waals surface area contributed by atoms with Crippen molar-refractivity contribution in [3.05, 3.63) is 65.2 Å². The number of carbonyl (C=O) groups excluding carboxylic acids is 3. The van der Waals surface area contributed by atoms with Gasteiger partial charge in [0.05, 0.1) is 18.7 Å². The van der Waals surface area contributed by atoms with Crippen LogP contribution < -0.4 is 20.3 Å². The van der Waals surface area contributed by atoms with Gasteiger partial charge in [-0.3, -0.25) is 15.0 Å². The molecular formula is C37H41FN6O6. The fraction of sp³-hybridized carbons (Fsp3) is 0.378. The topological polar surface area (TPSA) is 135 Å². The molecule has 0 atom stereocenters. The van der Waals surface area contributed by atoms with Crippen LogP contribution in [0.5, 0.6) is 5.88 Å². The van der Waals surface area contributed by atoms with E-state index in [-0.39, 0.29) is 36.2 Å². The van der Waals surface area contributed by atoms with Crippen molar-refractivity contribution in [2.45, 2.75) is 72.6 Å². The monoisotopic (exact) mass is 684 g/mol. The Bertz CT molecular complexity index is 2040. The number of carbonyl (C=O) groups is 3. The van der Waals surface area contributed by atoms with Gasteiger partial charge in [0.15, 0.2) is 5.82 Å². The second kappa shape index (κ2) is 12.8. The molecule has 2 aliphatic rings. The molecule has 2 N–H and O–H groups in total. The Morgan fingerprint density at radius 3 is 2.42 bits per heavy atom. The third-order valence-corrected chi connectivity index (χ3v) is 8.24. The van der Waals surface area contributed by atoms with Crippen molar-refractivity contribution in [1.82, 2.24) is 14.9 Å². The van der Waals surface area contributed by atoms with Gasteiger partial charge in [0.2, 0.25) is 11.8 Å². The van der Waals surface area contributed by atoms with Crippen LogP contribution in [0.2, 0.25) is 0 Å². The molecule has 0 unspecified atom stereocenters. The Balaban J connectivity index is 1.45. The first kappa shape index (κ1) is 34.4. The van der Waals surface area contributed by atoms with Crippen molar-refractivity contribution in [1.29, 1.82) is 0 Å². The molecule has 0 fully saturated rings. The molecule has 3 amide bonds. The summed E-state index contributed by atoms with van der Waals surface area (Å²) in [6.07, 6.45) is 1.92. The van der Waals surface area contributed by atoms with Crippen LogP contribution in [0, 0.1) is 12.7 Å². The van der Waals surface area contributed by atoms with Gasteiger partial charge in [-0.15, -0.1) is 0 Å². The number of nitrogens with zero attached hydrogens (tertiary/aromatic N) is 4. The van der Waals surface area contributed by atoms with Crippen LogP contribution in [-0.4, -0.2) is 64.4 Å². The van der Waals surface area contributed by atoms with Gasteiger partial charge in [-0.1, -0.05) is 6.07 Å². The summed E-state index contributed by atoms with van der Waals surface area (Å²) >= 11 is 0. The molecular weight excluding hydrogens is 643 g/mol. The smallest absolute Gasteiger partial charge is 0.415 e. The first-order valence-corrected chi connectivity index (χ1v) is 16.4. The summed E-state index contributed by atoms with van der Waals surface area (Å²) in [6.45, 7) is 13.2. The van der Waals surface area contributed by atoms with Gasteiger partial charge in [-0.2, -0.15) is 0 Å². The zero-order valence-corrected chi connectivity index (χ0v) is 29.5. The maximum absolute atomic E-state index is 16.7. The molecule has 2 aromatic heterocycles. The molecule has 0 saturated heterocycles. The quantitative estimate of drug-likeness (QED) is 0.224. The van der Waals surface area contributed by atoms with Crippen LogP contribution in [-0.2, 0) is 27.2 Å². The predicted molar refractivity (Wildman–Crippen MR) is 189 cm³/mol. The number of amides is 3. The van der Waals surface area contributed by atoms with E-state index in [0.29, 0.717) is 46.4 Å². The van der Waals surface area contributed by atoms with Gasteiger partial charge >= 0.3 is 12.2 Å². The summed E-state index contributed by atoms with van der Waals surface area (Å²) in [5.74, 6) is 0.0449. The van der Waals surface area contributed by atoms with E-state index in [9.17, 15) is 14.4 Å². The molecule has 0 bridgehead atoms. The van der Waals surface area contributed by atoms with Crippen LogP contribution in [0.4, 0.5) is 36.9 Å². The molecule has 4 heterocycles. The molecule has 50 heavy (non-hydrogen) atoms. The van der Waals surface area contributed by atoms with Gasteiger partial charge in [0.25, 0.3) is 0 Å². The van der Waals surface area contributed by atoms with Crippen LogP contribution in [0.1, 0.15) is 58.2 Å². The van der Waals surface area contributed by atoms with Crippen LogP contribution in [0.25, 0.3) is 21.9 Å². The normalized spacial score (nSPS) is 14.5. The summed E-state index contributed by atoms with van der Waals surface area (Å²) in [7, 11) is 1.78. The summed E-state index contributed by atoms with van der Waals surface area (Å²) < 4.78 is 33.6. The van der Waals surface area contributed by atoms with Gasteiger partial charge in [-0.05, 0) is 94.8 Å². The fourth-order valence-corrected chi connectivity index (χ4v) is 5.99. The number of pyridine rings is 2. The van der Waals surface area contributed by atoms with E-state index in [1.54, 1.807) is 72.5 Å². The van der Waals surface area contributed by atoms with E-state index in [1.807, 2.05) is 18.2 Å². The zero-order valence-electron chi connectivity index (χ0n) is 29.5. The maximum Gasteiger partial charge on any atom is 0.415 e. The first-order chi connectivity index (χ1) is 23.5. The summed E-state index contributed by atoms with van der Waals surface area (Å²) in [6, 6.07) is 9.20. The molecule has 0 saturated carbocycles. The minimum absolute atomic E-state index is 0.0719. The molecule has 6 rings (SSSR count). The summed E-state index contributed by atoms with van der Waals surface area (Å²) in [4.78, 5) is 50.6. The third kappa shape index (κ3) is 7.12. The fourth-order valence-electron chi connectivity index (χ4n) is 5.99. The number of likely N-dealkylation sites (N-methyl/N-ethyl adjacent to an activating group) is 1. The molecule has 4 aromatic rings. The lowest BCUT2D eigenvalue weighted by Crippen LogP contribution is -2.42. The highest BCUT2D eigenvalue weighted by molar-refractivity contribution is 6.04. The van der Waals surface area contributed by atoms with Crippen molar-refractivity contribution in [3.63, 3.8) is 0 Å². The van der Waals surface area contributed by atoms with Crippen molar-refractivity contribution in [2.24, 2.45) is 0 Å². The lowest BCUT2D eigenvalue weighted by atomic mass is 9.96. The Labute approximate surface area is 289 Å². The number of aromatic nitrogens is 2. The summed E-state index contributed by atoms with van der Waals surface area (Å²) in [5, 5.41) is 6.83.